The summed E-state index contributed by atoms with van der Waals surface area (Å²) in [5, 5.41) is 3.35. The zero-order valence-electron chi connectivity index (χ0n) is 14.3. The Morgan fingerprint density at radius 2 is 1.79 bits per heavy atom. The van der Waals surface area contributed by atoms with Gasteiger partial charge in [-0.1, -0.05) is 11.6 Å². The summed E-state index contributed by atoms with van der Waals surface area (Å²) >= 11 is 6.15. The van der Waals surface area contributed by atoms with Gasteiger partial charge in [-0.05, 0) is 0 Å². The molecule has 1 N–H and O–H groups in total. The zero-order valence-corrected chi connectivity index (χ0v) is 15.1. The third-order valence-electron chi connectivity index (χ3n) is 3.94. The largest absolute Gasteiger partial charge is 0.495 e. The number of piperazine rings is 1. The number of nitrogens with zero attached hydrogens (tertiary/aromatic N) is 2. The number of methoxy groups -OCH3 is 3. The Bertz CT molecular complexity index is 562. The minimum Gasteiger partial charge on any atom is -0.495 e. The molecule has 0 unspecified atom stereocenters. The standard InChI is InChI=1S/C16H24ClN3O4/c1-22-9-4-18-16(21)20-7-5-19(6-8-20)13-11-14(23-2)12(17)10-15(13)24-3/h10-11H,4-9H2,1-3H3,(H,18,21). The van der Waals surface area contributed by atoms with Crippen LogP contribution in [0.4, 0.5) is 10.5 Å². The number of urea groups is 1. The van der Waals surface area contributed by atoms with Crippen LogP contribution < -0.4 is 19.7 Å². The van der Waals surface area contributed by atoms with Gasteiger partial charge in [0.1, 0.15) is 11.5 Å². The Labute approximate surface area is 147 Å². The Balaban J connectivity index is 2.00. The van der Waals surface area contributed by atoms with Crippen molar-refractivity contribution in [2.24, 2.45) is 0 Å². The molecule has 0 aromatic heterocycles. The van der Waals surface area contributed by atoms with Crippen LogP contribution in [0.15, 0.2) is 12.1 Å². The summed E-state index contributed by atoms with van der Waals surface area (Å²) < 4.78 is 15.7. The molecule has 2 amide bonds. The van der Waals surface area contributed by atoms with Crippen LogP contribution in [0.3, 0.4) is 0 Å². The number of anilines is 1. The van der Waals surface area contributed by atoms with Crippen LogP contribution in [0.2, 0.25) is 5.02 Å². The van der Waals surface area contributed by atoms with Crippen LogP contribution >= 0.6 is 11.6 Å². The van der Waals surface area contributed by atoms with Crippen LogP contribution in [0.1, 0.15) is 0 Å². The molecule has 0 radical (unpaired) electrons. The molecule has 1 aliphatic heterocycles. The Hall–Kier alpha value is -1.86. The van der Waals surface area contributed by atoms with Crippen molar-refractivity contribution in [2.45, 2.75) is 0 Å². The zero-order chi connectivity index (χ0) is 17.5. The first-order valence-corrected chi connectivity index (χ1v) is 8.16. The maximum Gasteiger partial charge on any atom is 0.317 e. The predicted molar refractivity (Wildman–Crippen MR) is 93.6 cm³/mol. The molecule has 1 heterocycles. The quantitative estimate of drug-likeness (QED) is 0.787. The first-order valence-electron chi connectivity index (χ1n) is 7.79. The topological polar surface area (TPSA) is 63.3 Å². The van der Waals surface area contributed by atoms with Crippen molar-refractivity contribution in [1.29, 1.82) is 0 Å². The number of carbonyl (C=O) groups excluding carboxylic acids is 1. The summed E-state index contributed by atoms with van der Waals surface area (Å²) in [5.74, 6) is 1.30. The smallest absolute Gasteiger partial charge is 0.317 e. The molecule has 0 saturated carbocycles. The van der Waals surface area contributed by atoms with E-state index in [0.717, 1.165) is 5.69 Å². The summed E-state index contributed by atoms with van der Waals surface area (Å²) in [4.78, 5) is 16.0. The number of ether oxygens (including phenoxy) is 3. The molecule has 0 spiro atoms. The highest BCUT2D eigenvalue weighted by molar-refractivity contribution is 6.32. The number of benzene rings is 1. The number of halogens is 1. The SMILES string of the molecule is COCCNC(=O)N1CCN(c2cc(OC)c(Cl)cc2OC)CC1. The average molecular weight is 358 g/mol. The van der Waals surface area contributed by atoms with Crippen LogP contribution in [0.25, 0.3) is 0 Å². The van der Waals surface area contributed by atoms with Crippen molar-refractivity contribution >= 4 is 23.3 Å². The highest BCUT2D eigenvalue weighted by atomic mass is 35.5. The molecule has 1 fully saturated rings. The van der Waals surface area contributed by atoms with E-state index < -0.39 is 0 Å². The van der Waals surface area contributed by atoms with Crippen molar-refractivity contribution in [3.05, 3.63) is 17.2 Å². The summed E-state index contributed by atoms with van der Waals surface area (Å²) in [5.41, 5.74) is 0.915. The molecule has 1 aromatic rings. The third kappa shape index (κ3) is 4.36. The monoisotopic (exact) mass is 357 g/mol. The van der Waals surface area contributed by atoms with E-state index in [1.165, 1.54) is 0 Å². The Morgan fingerprint density at radius 1 is 1.12 bits per heavy atom. The van der Waals surface area contributed by atoms with Gasteiger partial charge in [0.15, 0.2) is 0 Å². The fraction of sp³-hybridized carbons (Fsp3) is 0.562. The Morgan fingerprint density at radius 3 is 2.38 bits per heavy atom. The normalized spacial score (nSPS) is 14.5. The molecule has 0 bridgehead atoms. The van der Waals surface area contributed by atoms with E-state index in [1.807, 2.05) is 6.07 Å². The Kier molecular flexibility index (Phi) is 6.81. The molecule has 2 rings (SSSR count). The summed E-state index contributed by atoms with van der Waals surface area (Å²) in [6.07, 6.45) is 0. The van der Waals surface area contributed by atoms with E-state index in [1.54, 1.807) is 32.3 Å². The summed E-state index contributed by atoms with van der Waals surface area (Å²) in [6.45, 7) is 3.70. The molecule has 7 nitrogen and oxygen atoms in total. The highest BCUT2D eigenvalue weighted by Gasteiger charge is 2.23. The van der Waals surface area contributed by atoms with Crippen molar-refractivity contribution in [1.82, 2.24) is 10.2 Å². The van der Waals surface area contributed by atoms with Gasteiger partial charge in [0.25, 0.3) is 0 Å². The number of rotatable bonds is 6. The van der Waals surface area contributed by atoms with Gasteiger partial charge in [-0.3, -0.25) is 0 Å². The van der Waals surface area contributed by atoms with E-state index in [0.29, 0.717) is 55.9 Å². The van der Waals surface area contributed by atoms with Crippen LogP contribution in [0.5, 0.6) is 11.5 Å². The fourth-order valence-corrected chi connectivity index (χ4v) is 2.84. The molecular weight excluding hydrogens is 334 g/mol. The van der Waals surface area contributed by atoms with Gasteiger partial charge in [-0.2, -0.15) is 0 Å². The first-order chi connectivity index (χ1) is 11.6. The lowest BCUT2D eigenvalue weighted by atomic mass is 10.2. The maximum atomic E-state index is 12.1. The molecule has 24 heavy (non-hydrogen) atoms. The van der Waals surface area contributed by atoms with Gasteiger partial charge in [0, 0.05) is 52.0 Å². The average Bonchev–Trinajstić information content (AvgIpc) is 2.61. The van der Waals surface area contributed by atoms with E-state index in [2.05, 4.69) is 10.2 Å². The number of hydrogen-bond acceptors (Lipinski definition) is 5. The van der Waals surface area contributed by atoms with Crippen LogP contribution in [-0.4, -0.2) is 71.6 Å². The molecular formula is C16H24ClN3O4. The molecule has 0 aliphatic carbocycles. The number of hydrogen-bond donors (Lipinski definition) is 1. The summed E-state index contributed by atoms with van der Waals surface area (Å²) in [7, 11) is 4.81. The molecule has 1 aliphatic rings. The second-order valence-corrected chi connectivity index (χ2v) is 5.76. The minimum atomic E-state index is -0.0626. The number of amides is 2. The lowest BCUT2D eigenvalue weighted by molar-refractivity contribution is 0.177. The third-order valence-corrected chi connectivity index (χ3v) is 4.24. The van der Waals surface area contributed by atoms with Crippen molar-refractivity contribution in [3.8, 4) is 11.5 Å². The molecule has 0 atom stereocenters. The van der Waals surface area contributed by atoms with E-state index in [4.69, 9.17) is 25.8 Å². The lowest BCUT2D eigenvalue weighted by Crippen LogP contribution is -2.52. The molecule has 134 valence electrons. The van der Waals surface area contributed by atoms with Gasteiger partial charge in [-0.25, -0.2) is 4.79 Å². The maximum absolute atomic E-state index is 12.1. The lowest BCUT2D eigenvalue weighted by Gasteiger charge is -2.36. The molecule has 8 heteroatoms. The number of nitrogens with one attached hydrogen (secondary N) is 1. The molecule has 1 aromatic carbocycles. The predicted octanol–water partition coefficient (Wildman–Crippen LogP) is 1.84. The van der Waals surface area contributed by atoms with E-state index >= 15 is 0 Å². The van der Waals surface area contributed by atoms with Crippen molar-refractivity contribution < 1.29 is 19.0 Å². The van der Waals surface area contributed by atoms with Crippen LogP contribution in [0, 0.1) is 0 Å². The van der Waals surface area contributed by atoms with Crippen molar-refractivity contribution in [3.63, 3.8) is 0 Å². The van der Waals surface area contributed by atoms with Crippen molar-refractivity contribution in [2.75, 3.05) is 65.6 Å². The fourth-order valence-electron chi connectivity index (χ4n) is 2.61. The first kappa shape index (κ1) is 18.5. The summed E-state index contributed by atoms with van der Waals surface area (Å²) in [6, 6.07) is 3.56. The van der Waals surface area contributed by atoms with Crippen LogP contribution in [-0.2, 0) is 4.74 Å². The second-order valence-electron chi connectivity index (χ2n) is 5.36. The van der Waals surface area contributed by atoms with E-state index in [9.17, 15) is 4.79 Å². The molecule has 1 saturated heterocycles. The van der Waals surface area contributed by atoms with Gasteiger partial charge >= 0.3 is 6.03 Å². The number of carbonyl (C=O) groups is 1. The second kappa shape index (κ2) is 8.84. The van der Waals surface area contributed by atoms with Gasteiger partial charge in [0.2, 0.25) is 0 Å². The minimum absolute atomic E-state index is 0.0626. The van der Waals surface area contributed by atoms with Gasteiger partial charge in [-0.15, -0.1) is 0 Å². The van der Waals surface area contributed by atoms with Gasteiger partial charge < -0.3 is 29.3 Å². The van der Waals surface area contributed by atoms with Gasteiger partial charge in [0.05, 0.1) is 31.5 Å². The highest BCUT2D eigenvalue weighted by Crippen LogP contribution is 2.38. The van der Waals surface area contributed by atoms with E-state index in [-0.39, 0.29) is 6.03 Å².